The molecule has 0 spiro atoms. The number of amides is 7. The average molecular weight is 792 g/mol. The summed E-state index contributed by atoms with van der Waals surface area (Å²) in [6, 6.07) is -6.99. The number of carbonyl (C=O) groups is 10. The highest BCUT2D eigenvalue weighted by molar-refractivity contribution is 6.38. The van der Waals surface area contributed by atoms with Gasteiger partial charge in [-0.25, -0.2) is 0 Å². The van der Waals surface area contributed by atoms with Crippen molar-refractivity contribution < 1.29 is 47.9 Å². The van der Waals surface area contributed by atoms with Crippen molar-refractivity contribution in [1.82, 2.24) is 36.8 Å². The number of Topliss-reactive ketones (excluding diaryl/α,β-unsaturated/α-hetero) is 3. The van der Waals surface area contributed by atoms with E-state index in [4.69, 9.17) is 0 Å². The quantitative estimate of drug-likeness (QED) is 0.0750. The first kappa shape index (κ1) is 49.3. The van der Waals surface area contributed by atoms with E-state index < -0.39 is 95.2 Å². The highest BCUT2D eigenvalue weighted by Gasteiger charge is 2.41. The summed E-state index contributed by atoms with van der Waals surface area (Å²) in [5, 5.41) is 15.7. The minimum atomic E-state index is -1.29. The number of nitrogens with one attached hydrogen (secondary N) is 6. The van der Waals surface area contributed by atoms with Crippen LogP contribution in [0.3, 0.4) is 0 Å². The molecule has 7 amide bonds. The largest absolute Gasteiger partial charge is 0.347 e. The molecule has 1 aliphatic rings. The first-order valence-corrected chi connectivity index (χ1v) is 19.8. The number of rotatable bonds is 24. The third-order valence-corrected chi connectivity index (χ3v) is 9.64. The maximum atomic E-state index is 14.1. The summed E-state index contributed by atoms with van der Waals surface area (Å²) in [6.45, 7) is 16.3. The lowest BCUT2D eigenvalue weighted by molar-refractivity contribution is -0.144. The molecule has 0 aromatic heterocycles. The Morgan fingerprint density at radius 3 is 1.61 bits per heavy atom. The molecule has 56 heavy (non-hydrogen) atoms. The van der Waals surface area contributed by atoms with Gasteiger partial charge in [-0.3, -0.25) is 38.4 Å². The first-order valence-electron chi connectivity index (χ1n) is 19.8. The Labute approximate surface area is 330 Å². The molecule has 17 heteroatoms. The highest BCUT2D eigenvalue weighted by atomic mass is 16.2. The molecular formula is C39H65N7O10. The van der Waals surface area contributed by atoms with E-state index >= 15 is 0 Å². The van der Waals surface area contributed by atoms with Crippen LogP contribution in [0.5, 0.6) is 0 Å². The predicted octanol–water partition coefficient (Wildman–Crippen LogP) is 0.756. The van der Waals surface area contributed by atoms with Gasteiger partial charge in [-0.15, -0.1) is 0 Å². The summed E-state index contributed by atoms with van der Waals surface area (Å²) in [5.74, 6) is -6.85. The van der Waals surface area contributed by atoms with Crippen LogP contribution < -0.4 is 31.9 Å². The fourth-order valence-electron chi connectivity index (χ4n) is 6.16. The molecule has 6 N–H and O–H groups in total. The van der Waals surface area contributed by atoms with Crippen molar-refractivity contribution >= 4 is 58.7 Å². The van der Waals surface area contributed by atoms with Crippen LogP contribution in [0.15, 0.2) is 0 Å². The molecule has 0 saturated carbocycles. The Morgan fingerprint density at radius 2 is 1.12 bits per heavy atom. The number of nitrogens with zero attached hydrogens (tertiary/aromatic N) is 1. The van der Waals surface area contributed by atoms with Crippen molar-refractivity contribution in [2.75, 3.05) is 6.54 Å². The molecule has 1 aliphatic heterocycles. The van der Waals surface area contributed by atoms with Crippen molar-refractivity contribution in [2.24, 2.45) is 11.8 Å². The van der Waals surface area contributed by atoms with Crippen LogP contribution in [0.4, 0.5) is 0 Å². The molecule has 1 heterocycles. The van der Waals surface area contributed by atoms with Crippen LogP contribution in [0.25, 0.3) is 0 Å². The predicted molar refractivity (Wildman–Crippen MR) is 207 cm³/mol. The first-order chi connectivity index (χ1) is 26.1. The summed E-state index contributed by atoms with van der Waals surface area (Å²) in [6.07, 6.45) is 1.92. The molecular weight excluding hydrogens is 726 g/mol. The van der Waals surface area contributed by atoms with E-state index in [-0.39, 0.29) is 56.3 Å². The fraction of sp³-hybridized carbons (Fsp3) is 0.744. The standard InChI is InChI=1S/C39H65N7O10/c1-11-14-27(33(50)38(55)40-23(7)12-2)42-36(53)30-15-13-20-46(30)39(56)32(22(5)6)45-37(54)31(21(3)4)44-35(52)29(19-17-25(9)48)43-34(51)28(41-26(10)49)18-16-24(8)47/h21-23,27-32H,11-20H2,1-10H3,(H,40,55)(H,41,49)(H,42,53)(H,43,51)(H,44,52)(H,45,54)/t23-,27?,28+,29+,30+,31+,32+/m1/s1. The molecule has 17 nitrogen and oxygen atoms in total. The number of likely N-dealkylation sites (tertiary alicyclic amines) is 1. The van der Waals surface area contributed by atoms with Gasteiger partial charge in [0, 0.05) is 32.4 Å². The molecule has 0 aliphatic carbocycles. The average Bonchev–Trinajstić information content (AvgIpc) is 3.61. The van der Waals surface area contributed by atoms with Gasteiger partial charge < -0.3 is 46.4 Å². The number of ketones is 3. The zero-order valence-corrected chi connectivity index (χ0v) is 34.8. The van der Waals surface area contributed by atoms with Crippen molar-refractivity contribution in [3.05, 3.63) is 0 Å². The smallest absolute Gasteiger partial charge is 0.289 e. The van der Waals surface area contributed by atoms with Crippen LogP contribution >= 0.6 is 0 Å². The van der Waals surface area contributed by atoms with Gasteiger partial charge in [0.25, 0.3) is 5.91 Å². The molecule has 7 atom stereocenters. The monoisotopic (exact) mass is 791 g/mol. The van der Waals surface area contributed by atoms with Gasteiger partial charge in [0.05, 0.1) is 6.04 Å². The third kappa shape index (κ3) is 16.2. The van der Waals surface area contributed by atoms with Crippen molar-refractivity contribution in [2.45, 2.75) is 169 Å². The summed E-state index contributed by atoms with van der Waals surface area (Å²) in [4.78, 5) is 131. The molecule has 1 saturated heterocycles. The van der Waals surface area contributed by atoms with Crippen LogP contribution in [0.2, 0.25) is 0 Å². The maximum absolute atomic E-state index is 14.1. The van der Waals surface area contributed by atoms with Gasteiger partial charge in [-0.2, -0.15) is 0 Å². The second-order valence-corrected chi connectivity index (χ2v) is 15.4. The molecule has 0 bridgehead atoms. The summed E-state index contributed by atoms with van der Waals surface area (Å²) in [5.41, 5.74) is 0. The summed E-state index contributed by atoms with van der Waals surface area (Å²) < 4.78 is 0. The summed E-state index contributed by atoms with van der Waals surface area (Å²) >= 11 is 0. The zero-order valence-electron chi connectivity index (χ0n) is 34.8. The Morgan fingerprint density at radius 1 is 0.607 bits per heavy atom. The molecule has 1 fully saturated rings. The van der Waals surface area contributed by atoms with E-state index in [9.17, 15) is 47.9 Å². The van der Waals surface area contributed by atoms with Crippen LogP contribution in [-0.4, -0.2) is 112 Å². The Balaban J connectivity index is 3.23. The Bertz CT molecular complexity index is 1450. The van der Waals surface area contributed by atoms with Gasteiger partial charge in [0.1, 0.15) is 41.8 Å². The van der Waals surface area contributed by atoms with E-state index in [1.165, 1.54) is 25.7 Å². The van der Waals surface area contributed by atoms with Gasteiger partial charge in [0.15, 0.2) is 0 Å². The number of hydrogen-bond acceptors (Lipinski definition) is 10. The second kappa shape index (κ2) is 24.0. The molecule has 0 radical (unpaired) electrons. The lowest BCUT2D eigenvalue weighted by Gasteiger charge is -2.33. The van der Waals surface area contributed by atoms with E-state index in [2.05, 4.69) is 31.9 Å². The topological polar surface area (TPSA) is 246 Å². The SMILES string of the molecule is CCCC(NC(=O)[C@@H]1CCCN1C(=O)[C@@H](NC(=O)[C@@H](NC(=O)[C@H](CCC(C)=O)NC(=O)[C@H](CCC(C)=O)NC(C)=O)C(C)C)C(C)C)C(=O)C(=O)N[C@H](C)CC. The van der Waals surface area contributed by atoms with Crippen LogP contribution in [0, 0.1) is 11.8 Å². The van der Waals surface area contributed by atoms with Crippen LogP contribution in [0.1, 0.15) is 127 Å². The highest BCUT2D eigenvalue weighted by Crippen LogP contribution is 2.21. The zero-order chi connectivity index (χ0) is 42.9. The van der Waals surface area contributed by atoms with E-state index in [1.807, 2.05) is 13.8 Å². The van der Waals surface area contributed by atoms with Crippen molar-refractivity contribution in [1.29, 1.82) is 0 Å². The van der Waals surface area contributed by atoms with E-state index in [0.717, 1.165) is 0 Å². The molecule has 0 aromatic rings. The second-order valence-electron chi connectivity index (χ2n) is 15.4. The Kier molecular flexibility index (Phi) is 21.2. The molecule has 0 aromatic carbocycles. The van der Waals surface area contributed by atoms with Gasteiger partial charge in [0.2, 0.25) is 41.2 Å². The van der Waals surface area contributed by atoms with Crippen molar-refractivity contribution in [3.63, 3.8) is 0 Å². The molecule has 316 valence electrons. The normalized spacial score (nSPS) is 17.1. The van der Waals surface area contributed by atoms with Gasteiger partial charge in [-0.1, -0.05) is 48.0 Å². The van der Waals surface area contributed by atoms with Gasteiger partial charge >= 0.3 is 0 Å². The lowest BCUT2D eigenvalue weighted by Crippen LogP contribution is -2.61. The number of carbonyl (C=O) groups excluding carboxylic acids is 10. The van der Waals surface area contributed by atoms with E-state index in [1.54, 1.807) is 34.6 Å². The molecule has 1 unspecified atom stereocenters. The van der Waals surface area contributed by atoms with Crippen LogP contribution in [-0.2, 0) is 47.9 Å². The van der Waals surface area contributed by atoms with E-state index in [0.29, 0.717) is 25.7 Å². The fourth-order valence-corrected chi connectivity index (χ4v) is 6.16. The maximum Gasteiger partial charge on any atom is 0.289 e. The minimum Gasteiger partial charge on any atom is -0.347 e. The number of hydrogen-bond donors (Lipinski definition) is 6. The third-order valence-electron chi connectivity index (χ3n) is 9.64. The summed E-state index contributed by atoms with van der Waals surface area (Å²) in [7, 11) is 0. The minimum absolute atomic E-state index is 0.00680. The van der Waals surface area contributed by atoms with Crippen molar-refractivity contribution in [3.8, 4) is 0 Å². The lowest BCUT2D eigenvalue weighted by atomic mass is 9.98. The molecule has 1 rings (SSSR count). The van der Waals surface area contributed by atoms with Gasteiger partial charge in [-0.05, 0) is 71.1 Å². The Hall–Kier alpha value is -4.70.